The van der Waals surface area contributed by atoms with E-state index in [-0.39, 0.29) is 12.6 Å². The fraction of sp³-hybridized carbons (Fsp3) is 0.615. The molecule has 1 heterocycles. The quantitative estimate of drug-likeness (QED) is 0.789. The van der Waals surface area contributed by atoms with E-state index in [1.807, 2.05) is 26.8 Å². The third-order valence-electron chi connectivity index (χ3n) is 2.95. The van der Waals surface area contributed by atoms with Gasteiger partial charge in [0.15, 0.2) is 0 Å². The number of aromatic nitrogens is 1. The zero-order valence-corrected chi connectivity index (χ0v) is 12.8. The van der Waals surface area contributed by atoms with Gasteiger partial charge in [-0.3, -0.25) is 4.98 Å². The minimum atomic E-state index is -3.31. The Morgan fingerprint density at radius 2 is 2.00 bits per heavy atom. The van der Waals surface area contributed by atoms with Crippen molar-refractivity contribution in [3.05, 3.63) is 29.6 Å². The van der Waals surface area contributed by atoms with Crippen molar-refractivity contribution in [2.45, 2.75) is 45.5 Å². The minimum absolute atomic E-state index is 0.276. The lowest BCUT2D eigenvalue weighted by atomic mass is 10.2. The summed E-state index contributed by atoms with van der Waals surface area (Å²) in [6.07, 6.45) is 3.39. The van der Waals surface area contributed by atoms with Crippen LogP contribution in [0.5, 0.6) is 0 Å². The van der Waals surface area contributed by atoms with E-state index in [1.54, 1.807) is 19.3 Å². The molecule has 0 aliphatic rings. The molecule has 1 unspecified atom stereocenters. The van der Waals surface area contributed by atoms with Crippen molar-refractivity contribution in [1.29, 1.82) is 0 Å². The van der Waals surface area contributed by atoms with Crippen molar-refractivity contribution in [1.82, 2.24) is 15.0 Å². The lowest BCUT2D eigenvalue weighted by molar-refractivity contribution is 0.540. The molecule has 0 amide bonds. The van der Waals surface area contributed by atoms with E-state index in [1.165, 1.54) is 0 Å². The lowest BCUT2D eigenvalue weighted by Crippen LogP contribution is -2.40. The molecule has 0 aliphatic heterocycles. The zero-order chi connectivity index (χ0) is 14.5. The molecule has 1 rings (SSSR count). The van der Waals surface area contributed by atoms with Gasteiger partial charge in [-0.05, 0) is 31.0 Å². The van der Waals surface area contributed by atoms with Crippen molar-refractivity contribution in [3.8, 4) is 0 Å². The largest absolute Gasteiger partial charge is 0.313 e. The summed E-state index contributed by atoms with van der Waals surface area (Å²) in [5.74, 6) is 0. The molecule has 0 spiro atoms. The highest BCUT2D eigenvalue weighted by Crippen LogP contribution is 2.06. The number of aryl methyl sites for hydroxylation is 1. The highest BCUT2D eigenvalue weighted by molar-refractivity contribution is 7.90. The summed E-state index contributed by atoms with van der Waals surface area (Å²) in [4.78, 5) is 4.00. The molecule has 6 heteroatoms. The molecule has 0 saturated heterocycles. The number of sulfonamides is 1. The molecule has 0 bridgehead atoms. The molecule has 0 fully saturated rings. The fourth-order valence-electron chi connectivity index (χ4n) is 1.51. The average molecular weight is 285 g/mol. The van der Waals surface area contributed by atoms with Gasteiger partial charge in [-0.25, -0.2) is 13.1 Å². The van der Waals surface area contributed by atoms with Gasteiger partial charge in [-0.2, -0.15) is 0 Å². The van der Waals surface area contributed by atoms with Crippen LogP contribution in [0.1, 0.15) is 31.9 Å². The Kier molecular flexibility index (Phi) is 5.90. The van der Waals surface area contributed by atoms with Gasteiger partial charge in [0.1, 0.15) is 0 Å². The third-order valence-corrected chi connectivity index (χ3v) is 4.73. The second kappa shape index (κ2) is 6.98. The first-order valence-corrected chi connectivity index (χ1v) is 7.99. The van der Waals surface area contributed by atoms with Crippen molar-refractivity contribution < 1.29 is 8.42 Å². The van der Waals surface area contributed by atoms with Gasteiger partial charge in [0.25, 0.3) is 0 Å². The number of hydrogen-bond donors (Lipinski definition) is 2. The van der Waals surface area contributed by atoms with E-state index in [0.29, 0.717) is 6.54 Å². The summed E-state index contributed by atoms with van der Waals surface area (Å²) in [6, 6.07) is 2.14. The Bertz CT molecular complexity index is 500. The van der Waals surface area contributed by atoms with Crippen LogP contribution >= 0.6 is 0 Å². The fourth-order valence-corrected chi connectivity index (χ4v) is 2.47. The van der Waals surface area contributed by atoms with Crippen LogP contribution in [0.25, 0.3) is 0 Å². The molecular formula is C13H23N3O2S. The molecule has 0 radical (unpaired) electrons. The molecular weight excluding hydrogens is 262 g/mol. The second-order valence-electron chi connectivity index (χ2n) is 5.04. The molecule has 0 aliphatic carbocycles. The highest BCUT2D eigenvalue weighted by atomic mass is 32.2. The van der Waals surface area contributed by atoms with Gasteiger partial charge < -0.3 is 5.32 Å². The number of pyridine rings is 1. The molecule has 108 valence electrons. The van der Waals surface area contributed by atoms with E-state index in [0.717, 1.165) is 11.1 Å². The molecule has 5 nitrogen and oxygen atoms in total. The average Bonchev–Trinajstić information content (AvgIpc) is 2.34. The Morgan fingerprint density at radius 3 is 2.58 bits per heavy atom. The molecule has 0 aromatic carbocycles. The van der Waals surface area contributed by atoms with Gasteiger partial charge in [-0.15, -0.1) is 0 Å². The maximum atomic E-state index is 12.1. The van der Waals surface area contributed by atoms with Crippen molar-refractivity contribution in [3.63, 3.8) is 0 Å². The normalized spacial score (nSPS) is 13.7. The topological polar surface area (TPSA) is 71.1 Å². The van der Waals surface area contributed by atoms with Gasteiger partial charge >= 0.3 is 0 Å². The van der Waals surface area contributed by atoms with Crippen LogP contribution in [0.2, 0.25) is 0 Å². The number of rotatable bonds is 7. The Hall–Kier alpha value is -0.980. The highest BCUT2D eigenvalue weighted by Gasteiger charge is 2.20. The molecule has 2 N–H and O–H groups in total. The maximum Gasteiger partial charge on any atom is 0.215 e. The van der Waals surface area contributed by atoms with Crippen molar-refractivity contribution in [2.75, 3.05) is 6.54 Å². The first kappa shape index (κ1) is 16.1. The molecule has 1 atom stereocenters. The van der Waals surface area contributed by atoms with Crippen LogP contribution in [0.4, 0.5) is 0 Å². The van der Waals surface area contributed by atoms with Gasteiger partial charge in [0, 0.05) is 31.5 Å². The van der Waals surface area contributed by atoms with E-state index in [9.17, 15) is 8.42 Å². The van der Waals surface area contributed by atoms with Crippen LogP contribution in [-0.4, -0.2) is 31.2 Å². The summed E-state index contributed by atoms with van der Waals surface area (Å²) in [5, 5.41) is 2.66. The van der Waals surface area contributed by atoms with E-state index < -0.39 is 15.3 Å². The third kappa shape index (κ3) is 5.26. The van der Waals surface area contributed by atoms with Crippen LogP contribution in [0.15, 0.2) is 18.5 Å². The van der Waals surface area contributed by atoms with Gasteiger partial charge in [0.05, 0.1) is 5.25 Å². The van der Waals surface area contributed by atoms with Crippen LogP contribution in [0.3, 0.4) is 0 Å². The molecule has 19 heavy (non-hydrogen) atoms. The monoisotopic (exact) mass is 285 g/mol. The van der Waals surface area contributed by atoms with Crippen molar-refractivity contribution in [2.24, 2.45) is 0 Å². The first-order chi connectivity index (χ1) is 8.83. The SMILES string of the molecule is Cc1ccncc1CNS(=O)(=O)C(C)CNC(C)C. The first-order valence-electron chi connectivity index (χ1n) is 6.44. The predicted octanol–water partition coefficient (Wildman–Crippen LogP) is 1.20. The summed E-state index contributed by atoms with van der Waals surface area (Å²) in [7, 11) is -3.31. The van der Waals surface area contributed by atoms with Crippen LogP contribution < -0.4 is 10.0 Å². The zero-order valence-electron chi connectivity index (χ0n) is 12.0. The summed E-state index contributed by atoms with van der Waals surface area (Å²) in [6.45, 7) is 8.35. The molecule has 1 aromatic rings. The minimum Gasteiger partial charge on any atom is -0.313 e. The van der Waals surface area contributed by atoms with Crippen molar-refractivity contribution >= 4 is 10.0 Å². The number of nitrogens with one attached hydrogen (secondary N) is 2. The number of nitrogens with zero attached hydrogens (tertiary/aromatic N) is 1. The standard InChI is InChI=1S/C13H23N3O2S/c1-10(2)15-7-12(4)19(17,18)16-9-13-8-14-6-5-11(13)3/h5-6,8,10,12,15-16H,7,9H2,1-4H3. The summed E-state index contributed by atoms with van der Waals surface area (Å²) in [5.41, 5.74) is 1.93. The second-order valence-corrected chi connectivity index (χ2v) is 7.23. The van der Waals surface area contributed by atoms with Gasteiger partial charge in [0.2, 0.25) is 10.0 Å². The van der Waals surface area contributed by atoms with E-state index in [2.05, 4.69) is 15.0 Å². The van der Waals surface area contributed by atoms with Crippen LogP contribution in [0, 0.1) is 6.92 Å². The maximum absolute atomic E-state index is 12.1. The predicted molar refractivity (Wildman–Crippen MR) is 77.3 cm³/mol. The Balaban J connectivity index is 2.58. The molecule has 1 aromatic heterocycles. The lowest BCUT2D eigenvalue weighted by Gasteiger charge is -2.16. The van der Waals surface area contributed by atoms with E-state index >= 15 is 0 Å². The van der Waals surface area contributed by atoms with E-state index in [4.69, 9.17) is 0 Å². The molecule has 0 saturated carbocycles. The smallest absolute Gasteiger partial charge is 0.215 e. The van der Waals surface area contributed by atoms with Crippen LogP contribution in [-0.2, 0) is 16.6 Å². The Morgan fingerprint density at radius 1 is 1.32 bits per heavy atom. The summed E-state index contributed by atoms with van der Waals surface area (Å²) < 4.78 is 26.7. The number of hydrogen-bond acceptors (Lipinski definition) is 4. The Labute approximate surface area is 115 Å². The van der Waals surface area contributed by atoms with Gasteiger partial charge in [-0.1, -0.05) is 13.8 Å². The summed E-state index contributed by atoms with van der Waals surface area (Å²) >= 11 is 0.